The molecule has 98 valence electrons. The summed E-state index contributed by atoms with van der Waals surface area (Å²) in [5, 5.41) is 0.808. The van der Waals surface area contributed by atoms with Gasteiger partial charge in [0.25, 0.3) is 0 Å². The van der Waals surface area contributed by atoms with Gasteiger partial charge in [-0.1, -0.05) is 23.7 Å². The average Bonchev–Trinajstić information content (AvgIpc) is 2.91. The number of nitrogens with two attached hydrogens (primary N) is 1. The number of halogens is 1. The van der Waals surface area contributed by atoms with Crippen molar-refractivity contribution in [1.29, 1.82) is 0 Å². The zero-order valence-corrected chi connectivity index (χ0v) is 11.6. The zero-order chi connectivity index (χ0) is 12.7. The van der Waals surface area contributed by atoms with Gasteiger partial charge >= 0.3 is 0 Å². The minimum Gasteiger partial charge on any atom is -0.326 e. The molecule has 2 bridgehead atoms. The summed E-state index contributed by atoms with van der Waals surface area (Å²) < 4.78 is 0. The van der Waals surface area contributed by atoms with Gasteiger partial charge in [-0.05, 0) is 49.8 Å². The van der Waals surface area contributed by atoms with Crippen LogP contribution in [0.1, 0.15) is 37.8 Å². The predicted octanol–water partition coefficient (Wildman–Crippen LogP) is 3.21. The Morgan fingerprint density at radius 3 is 2.78 bits per heavy atom. The van der Waals surface area contributed by atoms with Crippen LogP contribution in [0.3, 0.4) is 0 Å². The normalized spacial score (nSPS) is 30.6. The van der Waals surface area contributed by atoms with Crippen molar-refractivity contribution in [3.63, 3.8) is 0 Å². The lowest BCUT2D eigenvalue weighted by atomic mass is 9.97. The largest absolute Gasteiger partial charge is 0.326 e. The van der Waals surface area contributed by atoms with E-state index in [-0.39, 0.29) is 6.04 Å². The van der Waals surface area contributed by atoms with E-state index in [1.165, 1.54) is 31.4 Å². The molecule has 2 aliphatic rings. The van der Waals surface area contributed by atoms with Gasteiger partial charge in [0.15, 0.2) is 0 Å². The van der Waals surface area contributed by atoms with Crippen LogP contribution in [0.4, 0.5) is 0 Å². The molecule has 0 radical (unpaired) electrons. The number of nitrogens with zero attached hydrogens (tertiary/aromatic N) is 1. The van der Waals surface area contributed by atoms with E-state index >= 15 is 0 Å². The Balaban J connectivity index is 1.89. The molecule has 2 nitrogen and oxygen atoms in total. The van der Waals surface area contributed by atoms with E-state index in [1.807, 2.05) is 12.1 Å². The number of hydrogen-bond donors (Lipinski definition) is 1. The van der Waals surface area contributed by atoms with Crippen molar-refractivity contribution in [2.75, 3.05) is 6.54 Å². The fourth-order valence-corrected chi connectivity index (χ4v) is 3.99. The van der Waals surface area contributed by atoms with Crippen molar-refractivity contribution in [3.05, 3.63) is 34.9 Å². The lowest BCUT2D eigenvalue weighted by Gasteiger charge is -2.37. The first-order chi connectivity index (χ1) is 8.65. The highest BCUT2D eigenvalue weighted by Gasteiger charge is 2.42. The first kappa shape index (κ1) is 12.5. The highest BCUT2D eigenvalue weighted by atomic mass is 35.5. The van der Waals surface area contributed by atoms with Gasteiger partial charge in [-0.25, -0.2) is 0 Å². The van der Waals surface area contributed by atoms with Crippen LogP contribution in [0.5, 0.6) is 0 Å². The maximum Gasteiger partial charge on any atom is 0.0500 e. The van der Waals surface area contributed by atoms with E-state index in [2.05, 4.69) is 24.0 Å². The van der Waals surface area contributed by atoms with E-state index in [0.717, 1.165) is 17.0 Å². The van der Waals surface area contributed by atoms with Gasteiger partial charge in [0, 0.05) is 29.7 Å². The molecule has 0 spiro atoms. The van der Waals surface area contributed by atoms with E-state index in [9.17, 15) is 0 Å². The van der Waals surface area contributed by atoms with Crippen molar-refractivity contribution >= 4 is 11.6 Å². The van der Waals surface area contributed by atoms with Gasteiger partial charge in [-0.15, -0.1) is 0 Å². The molecule has 2 fully saturated rings. The Kier molecular flexibility index (Phi) is 3.35. The molecule has 3 heteroatoms. The highest BCUT2D eigenvalue weighted by molar-refractivity contribution is 6.30. The van der Waals surface area contributed by atoms with Gasteiger partial charge in [0.05, 0.1) is 0 Å². The van der Waals surface area contributed by atoms with Crippen LogP contribution in [-0.4, -0.2) is 23.5 Å². The molecular weight excluding hydrogens is 244 g/mol. The Bertz CT molecular complexity index is 432. The maximum atomic E-state index is 6.25. The second-order valence-corrected chi connectivity index (χ2v) is 6.33. The average molecular weight is 265 g/mol. The molecule has 0 amide bonds. The molecular formula is C15H21ClN2. The topological polar surface area (TPSA) is 29.3 Å². The number of fused-ring (bicyclic) bond motifs is 2. The Hall–Kier alpha value is -0.570. The molecule has 2 N–H and O–H groups in total. The molecule has 1 aliphatic heterocycles. The van der Waals surface area contributed by atoms with Gasteiger partial charge < -0.3 is 5.73 Å². The van der Waals surface area contributed by atoms with Gasteiger partial charge in [-0.3, -0.25) is 4.90 Å². The van der Waals surface area contributed by atoms with E-state index in [0.29, 0.717) is 6.04 Å². The summed E-state index contributed by atoms with van der Waals surface area (Å²) in [6, 6.07) is 9.39. The van der Waals surface area contributed by atoms with Crippen molar-refractivity contribution in [2.24, 2.45) is 11.7 Å². The third kappa shape index (κ3) is 2.18. The fraction of sp³-hybridized carbons (Fsp3) is 0.600. The van der Waals surface area contributed by atoms with Crippen LogP contribution in [0.2, 0.25) is 5.02 Å². The van der Waals surface area contributed by atoms with Crippen molar-refractivity contribution < 1.29 is 0 Å². The highest BCUT2D eigenvalue weighted by Crippen LogP contribution is 2.42. The standard InChI is InChI=1S/C15H21ClN2/c1-10(17)15(12-3-2-4-13(16)8-12)18-9-11-5-6-14(18)7-11/h2-4,8,10-11,14-15H,5-7,9,17H2,1H3. The second-order valence-electron chi connectivity index (χ2n) is 5.89. The number of piperidine rings is 1. The zero-order valence-electron chi connectivity index (χ0n) is 10.8. The minimum atomic E-state index is 0.141. The quantitative estimate of drug-likeness (QED) is 0.908. The summed E-state index contributed by atoms with van der Waals surface area (Å²) in [6.45, 7) is 3.32. The van der Waals surface area contributed by atoms with Crippen LogP contribution >= 0.6 is 11.6 Å². The third-order valence-corrected chi connectivity index (χ3v) is 4.73. The molecule has 1 saturated heterocycles. The molecule has 1 aromatic carbocycles. The van der Waals surface area contributed by atoms with Crippen LogP contribution in [0, 0.1) is 5.92 Å². The van der Waals surface area contributed by atoms with Gasteiger partial charge in [0.2, 0.25) is 0 Å². The van der Waals surface area contributed by atoms with E-state index < -0.39 is 0 Å². The van der Waals surface area contributed by atoms with Gasteiger partial charge in [0.1, 0.15) is 0 Å². The second kappa shape index (κ2) is 4.84. The fourth-order valence-electron chi connectivity index (χ4n) is 3.79. The molecule has 1 aromatic rings. The Morgan fingerprint density at radius 1 is 1.39 bits per heavy atom. The van der Waals surface area contributed by atoms with Crippen LogP contribution in [0.25, 0.3) is 0 Å². The predicted molar refractivity (Wildman–Crippen MR) is 75.7 cm³/mol. The van der Waals surface area contributed by atoms with Crippen LogP contribution in [-0.2, 0) is 0 Å². The number of rotatable bonds is 3. The summed E-state index contributed by atoms with van der Waals surface area (Å²) in [7, 11) is 0. The summed E-state index contributed by atoms with van der Waals surface area (Å²) >= 11 is 6.12. The molecule has 1 aliphatic carbocycles. The monoisotopic (exact) mass is 264 g/mol. The SMILES string of the molecule is CC(N)C(c1cccc(Cl)c1)N1CC2CCC1C2. The smallest absolute Gasteiger partial charge is 0.0500 e. The van der Waals surface area contributed by atoms with Crippen molar-refractivity contribution in [3.8, 4) is 0 Å². The van der Waals surface area contributed by atoms with Crippen molar-refractivity contribution in [2.45, 2.75) is 44.3 Å². The van der Waals surface area contributed by atoms with Gasteiger partial charge in [-0.2, -0.15) is 0 Å². The molecule has 1 saturated carbocycles. The minimum absolute atomic E-state index is 0.141. The molecule has 4 atom stereocenters. The molecule has 4 unspecified atom stereocenters. The van der Waals surface area contributed by atoms with E-state index in [1.54, 1.807) is 0 Å². The van der Waals surface area contributed by atoms with E-state index in [4.69, 9.17) is 17.3 Å². The molecule has 1 heterocycles. The molecule has 0 aromatic heterocycles. The number of benzene rings is 1. The molecule has 18 heavy (non-hydrogen) atoms. The third-order valence-electron chi connectivity index (χ3n) is 4.50. The maximum absolute atomic E-state index is 6.25. The number of likely N-dealkylation sites (tertiary alicyclic amines) is 1. The first-order valence-electron chi connectivity index (χ1n) is 6.92. The summed E-state index contributed by atoms with van der Waals surface area (Å²) in [4.78, 5) is 2.62. The van der Waals surface area contributed by atoms with Crippen LogP contribution < -0.4 is 5.73 Å². The molecule has 3 rings (SSSR count). The Labute approximate surface area is 114 Å². The first-order valence-corrected chi connectivity index (χ1v) is 7.29. The summed E-state index contributed by atoms with van der Waals surface area (Å²) in [5.41, 5.74) is 7.51. The lowest BCUT2D eigenvalue weighted by Crippen LogP contribution is -2.43. The van der Waals surface area contributed by atoms with Crippen molar-refractivity contribution in [1.82, 2.24) is 4.90 Å². The lowest BCUT2D eigenvalue weighted by molar-refractivity contribution is 0.133. The Morgan fingerprint density at radius 2 is 2.22 bits per heavy atom. The number of hydrogen-bond acceptors (Lipinski definition) is 2. The summed E-state index contributed by atoms with van der Waals surface area (Å²) in [6.07, 6.45) is 4.11. The van der Waals surface area contributed by atoms with Crippen LogP contribution in [0.15, 0.2) is 24.3 Å². The summed E-state index contributed by atoms with van der Waals surface area (Å²) in [5.74, 6) is 0.899.